The van der Waals surface area contributed by atoms with Crippen LogP contribution in [0.3, 0.4) is 0 Å². The van der Waals surface area contributed by atoms with Gasteiger partial charge in [0.05, 0.1) is 23.0 Å². The lowest BCUT2D eigenvalue weighted by molar-refractivity contribution is -0.145. The maximum absolute atomic E-state index is 13.0. The molecule has 10 heteroatoms. The molecule has 0 aromatic heterocycles. The Bertz CT molecular complexity index is 785. The first-order chi connectivity index (χ1) is 11.6. The summed E-state index contributed by atoms with van der Waals surface area (Å²) >= 11 is 0. The van der Waals surface area contributed by atoms with Gasteiger partial charge in [0.25, 0.3) is 0 Å². The second kappa shape index (κ2) is 6.22. The highest BCUT2D eigenvalue weighted by Gasteiger charge is 2.59. The Morgan fingerprint density at radius 1 is 1.04 bits per heavy atom. The number of hydrogen-bond donors (Lipinski definition) is 1. The maximum atomic E-state index is 13.0. The SMILES string of the molecule is CCN(C(=O)C1(C(=O)NC2CCS(=O)(=O)C2)CC1)C1CCS(=O)(=O)C1. The van der Waals surface area contributed by atoms with Gasteiger partial charge in [-0.05, 0) is 32.6 Å². The van der Waals surface area contributed by atoms with E-state index < -0.39 is 37.0 Å². The van der Waals surface area contributed by atoms with Crippen LogP contribution in [0.4, 0.5) is 0 Å². The second-order valence-electron chi connectivity index (χ2n) is 7.30. The van der Waals surface area contributed by atoms with Crippen molar-refractivity contribution in [3.63, 3.8) is 0 Å². The van der Waals surface area contributed by atoms with Gasteiger partial charge in [0.1, 0.15) is 5.41 Å². The van der Waals surface area contributed by atoms with Gasteiger partial charge in [-0.15, -0.1) is 0 Å². The number of amides is 2. The number of rotatable bonds is 5. The van der Waals surface area contributed by atoms with Gasteiger partial charge >= 0.3 is 0 Å². The van der Waals surface area contributed by atoms with Crippen LogP contribution in [0.15, 0.2) is 0 Å². The van der Waals surface area contributed by atoms with Crippen molar-refractivity contribution in [2.75, 3.05) is 29.6 Å². The van der Waals surface area contributed by atoms with E-state index in [1.807, 2.05) is 0 Å². The van der Waals surface area contributed by atoms with E-state index in [0.29, 0.717) is 32.2 Å². The molecule has 1 N–H and O–H groups in total. The van der Waals surface area contributed by atoms with Crippen molar-refractivity contribution in [2.24, 2.45) is 5.41 Å². The zero-order chi connectivity index (χ0) is 18.5. The Morgan fingerprint density at radius 2 is 1.64 bits per heavy atom. The third-order valence-electron chi connectivity index (χ3n) is 5.41. The zero-order valence-electron chi connectivity index (χ0n) is 14.2. The highest BCUT2D eigenvalue weighted by molar-refractivity contribution is 7.91. The fourth-order valence-corrected chi connectivity index (χ4v) is 7.16. The van der Waals surface area contributed by atoms with Gasteiger partial charge in [0, 0.05) is 18.6 Å². The molecule has 142 valence electrons. The zero-order valence-corrected chi connectivity index (χ0v) is 15.9. The summed E-state index contributed by atoms with van der Waals surface area (Å²) in [6.07, 6.45) is 1.62. The third kappa shape index (κ3) is 3.69. The fourth-order valence-electron chi connectivity index (χ4n) is 3.76. The molecular weight excluding hydrogens is 368 g/mol. The molecule has 1 aliphatic carbocycles. The maximum Gasteiger partial charge on any atom is 0.238 e. The summed E-state index contributed by atoms with van der Waals surface area (Å²) in [5.74, 6) is -0.748. The number of carbonyl (C=O) groups excluding carboxylic acids is 2. The monoisotopic (exact) mass is 392 g/mol. The second-order valence-corrected chi connectivity index (χ2v) is 11.8. The molecule has 8 nitrogen and oxygen atoms in total. The standard InChI is InChI=1S/C15H24N2O6S2/c1-2-17(12-4-8-25(22,23)10-12)14(19)15(5-6-15)13(18)16-11-3-7-24(20,21)9-11/h11-12H,2-10H2,1H3,(H,16,18). The van der Waals surface area contributed by atoms with Gasteiger partial charge < -0.3 is 10.2 Å². The summed E-state index contributed by atoms with van der Waals surface area (Å²) in [4.78, 5) is 27.1. The predicted octanol–water partition coefficient (Wildman–Crippen LogP) is -0.894. The molecule has 2 unspecified atom stereocenters. The van der Waals surface area contributed by atoms with E-state index in [9.17, 15) is 26.4 Å². The molecule has 3 aliphatic rings. The number of sulfone groups is 2. The van der Waals surface area contributed by atoms with Gasteiger partial charge in [-0.2, -0.15) is 0 Å². The van der Waals surface area contributed by atoms with Crippen molar-refractivity contribution < 1.29 is 26.4 Å². The third-order valence-corrected chi connectivity index (χ3v) is 8.93. The molecule has 0 spiro atoms. The first-order valence-corrected chi connectivity index (χ1v) is 12.3. The van der Waals surface area contributed by atoms with Crippen molar-refractivity contribution in [3.05, 3.63) is 0 Å². The molecule has 25 heavy (non-hydrogen) atoms. The molecule has 3 rings (SSSR count). The van der Waals surface area contributed by atoms with Crippen LogP contribution < -0.4 is 5.32 Å². The molecule has 0 aromatic carbocycles. The van der Waals surface area contributed by atoms with Gasteiger partial charge in [0.2, 0.25) is 11.8 Å². The van der Waals surface area contributed by atoms with Crippen LogP contribution in [0.2, 0.25) is 0 Å². The molecule has 2 saturated heterocycles. The smallest absolute Gasteiger partial charge is 0.238 e. The molecule has 0 aromatic rings. The molecule has 2 heterocycles. The number of nitrogens with one attached hydrogen (secondary N) is 1. The Morgan fingerprint density at radius 3 is 2.08 bits per heavy atom. The van der Waals surface area contributed by atoms with Crippen LogP contribution in [0.1, 0.15) is 32.6 Å². The Labute approximate surface area is 148 Å². The first kappa shape index (κ1) is 18.6. The molecule has 0 bridgehead atoms. The highest BCUT2D eigenvalue weighted by atomic mass is 32.2. The van der Waals surface area contributed by atoms with Crippen LogP contribution in [0.5, 0.6) is 0 Å². The molecule has 2 amide bonds. The van der Waals surface area contributed by atoms with Gasteiger partial charge in [-0.25, -0.2) is 16.8 Å². The fraction of sp³-hybridized carbons (Fsp3) is 0.867. The molecule has 0 radical (unpaired) electrons. The van der Waals surface area contributed by atoms with E-state index in [0.717, 1.165) is 0 Å². The van der Waals surface area contributed by atoms with E-state index in [-0.39, 0.29) is 35.0 Å². The van der Waals surface area contributed by atoms with Crippen LogP contribution >= 0.6 is 0 Å². The topological polar surface area (TPSA) is 118 Å². The van der Waals surface area contributed by atoms with E-state index in [2.05, 4.69) is 5.32 Å². The number of nitrogens with zero attached hydrogens (tertiary/aromatic N) is 1. The van der Waals surface area contributed by atoms with Crippen molar-refractivity contribution in [1.29, 1.82) is 0 Å². The van der Waals surface area contributed by atoms with E-state index in [4.69, 9.17) is 0 Å². The minimum atomic E-state index is -3.12. The molecule has 1 saturated carbocycles. The van der Waals surface area contributed by atoms with E-state index in [1.54, 1.807) is 6.92 Å². The van der Waals surface area contributed by atoms with Crippen LogP contribution in [0.25, 0.3) is 0 Å². The van der Waals surface area contributed by atoms with Crippen LogP contribution in [0, 0.1) is 5.41 Å². The number of hydrogen-bond acceptors (Lipinski definition) is 6. The molecule has 2 atom stereocenters. The predicted molar refractivity (Wildman–Crippen MR) is 91.3 cm³/mol. The average Bonchev–Trinajstić information content (AvgIpc) is 3.16. The highest BCUT2D eigenvalue weighted by Crippen LogP contribution is 2.48. The summed E-state index contributed by atoms with van der Waals surface area (Å²) in [5.41, 5.74) is -1.14. The van der Waals surface area contributed by atoms with Crippen molar-refractivity contribution >= 4 is 31.5 Å². The van der Waals surface area contributed by atoms with Crippen molar-refractivity contribution in [1.82, 2.24) is 10.2 Å². The summed E-state index contributed by atoms with van der Waals surface area (Å²) in [6.45, 7) is 2.13. The average molecular weight is 392 g/mol. The van der Waals surface area contributed by atoms with Gasteiger partial charge in [-0.1, -0.05) is 0 Å². The van der Waals surface area contributed by atoms with Crippen LogP contribution in [-0.4, -0.2) is 75.2 Å². The lowest BCUT2D eigenvalue weighted by Gasteiger charge is -2.30. The summed E-state index contributed by atoms with van der Waals surface area (Å²) < 4.78 is 46.5. The lowest BCUT2D eigenvalue weighted by Crippen LogP contribution is -2.51. The van der Waals surface area contributed by atoms with Crippen molar-refractivity contribution in [3.8, 4) is 0 Å². The summed E-state index contributed by atoms with van der Waals surface area (Å²) in [7, 11) is -6.23. The quantitative estimate of drug-likeness (QED) is 0.606. The normalized spacial score (nSPS) is 31.4. The number of carbonyl (C=O) groups is 2. The Balaban J connectivity index is 1.69. The van der Waals surface area contributed by atoms with E-state index >= 15 is 0 Å². The van der Waals surface area contributed by atoms with Gasteiger partial charge in [0.15, 0.2) is 19.7 Å². The van der Waals surface area contributed by atoms with E-state index in [1.165, 1.54) is 4.90 Å². The van der Waals surface area contributed by atoms with Crippen molar-refractivity contribution in [2.45, 2.75) is 44.7 Å². The first-order valence-electron chi connectivity index (χ1n) is 8.61. The summed E-state index contributed by atoms with van der Waals surface area (Å²) in [5, 5.41) is 2.72. The lowest BCUT2D eigenvalue weighted by atomic mass is 10.0. The Kier molecular flexibility index (Phi) is 4.64. The Hall–Kier alpha value is -1.16. The van der Waals surface area contributed by atoms with Crippen LogP contribution in [-0.2, 0) is 29.3 Å². The minimum absolute atomic E-state index is 0.0504. The van der Waals surface area contributed by atoms with Gasteiger partial charge in [-0.3, -0.25) is 9.59 Å². The minimum Gasteiger partial charge on any atom is -0.351 e. The molecule has 3 fully saturated rings. The molecular formula is C15H24N2O6S2. The molecule has 2 aliphatic heterocycles. The summed E-state index contributed by atoms with van der Waals surface area (Å²) in [6, 6.07) is -0.815. The largest absolute Gasteiger partial charge is 0.351 e.